The van der Waals surface area contributed by atoms with Crippen molar-refractivity contribution in [3.8, 4) is 0 Å². The zero-order chi connectivity index (χ0) is 10.4. The van der Waals surface area contributed by atoms with Crippen molar-refractivity contribution in [2.75, 3.05) is 26.4 Å². The average Bonchev–Trinajstić information content (AvgIpc) is 2.59. The van der Waals surface area contributed by atoms with Gasteiger partial charge >= 0.3 is 0 Å². The van der Waals surface area contributed by atoms with E-state index in [1.807, 2.05) is 6.92 Å². The van der Waals surface area contributed by atoms with Crippen molar-refractivity contribution in [2.24, 2.45) is 5.92 Å². The van der Waals surface area contributed by atoms with Gasteiger partial charge in [0.2, 0.25) is 0 Å². The van der Waals surface area contributed by atoms with E-state index in [4.69, 9.17) is 9.47 Å². The summed E-state index contributed by atoms with van der Waals surface area (Å²) in [5.41, 5.74) is 0. The summed E-state index contributed by atoms with van der Waals surface area (Å²) in [6.45, 7) is 9.81. The summed E-state index contributed by atoms with van der Waals surface area (Å²) in [5.74, 6) is 0.622. The highest BCUT2D eigenvalue weighted by Crippen LogP contribution is 2.22. The Hall–Kier alpha value is -0.120. The topological polar surface area (TPSA) is 30.5 Å². The van der Waals surface area contributed by atoms with Gasteiger partial charge < -0.3 is 14.8 Å². The van der Waals surface area contributed by atoms with Crippen molar-refractivity contribution >= 4 is 0 Å². The largest absolute Gasteiger partial charge is 0.380 e. The summed E-state index contributed by atoms with van der Waals surface area (Å²) < 4.78 is 11.1. The van der Waals surface area contributed by atoms with E-state index < -0.39 is 0 Å². The van der Waals surface area contributed by atoms with Crippen LogP contribution in [0.5, 0.6) is 0 Å². The average molecular weight is 201 g/mol. The van der Waals surface area contributed by atoms with Crippen molar-refractivity contribution in [1.29, 1.82) is 0 Å². The maximum absolute atomic E-state index is 5.58. The minimum absolute atomic E-state index is 0.419. The molecule has 3 nitrogen and oxygen atoms in total. The third kappa shape index (κ3) is 3.56. The monoisotopic (exact) mass is 201 g/mol. The minimum Gasteiger partial charge on any atom is -0.380 e. The van der Waals surface area contributed by atoms with Crippen LogP contribution < -0.4 is 5.32 Å². The Kier molecular flexibility index (Phi) is 5.45. The normalized spacial score (nSPS) is 29.4. The van der Waals surface area contributed by atoms with Gasteiger partial charge in [0.05, 0.1) is 19.3 Å². The van der Waals surface area contributed by atoms with E-state index in [-0.39, 0.29) is 0 Å². The number of hydrogen-bond acceptors (Lipinski definition) is 3. The molecule has 0 bridgehead atoms. The fraction of sp³-hybridized carbons (Fsp3) is 1.00. The van der Waals surface area contributed by atoms with Crippen LogP contribution >= 0.6 is 0 Å². The fourth-order valence-corrected chi connectivity index (χ4v) is 2.00. The van der Waals surface area contributed by atoms with Crippen molar-refractivity contribution < 1.29 is 9.47 Å². The summed E-state index contributed by atoms with van der Waals surface area (Å²) in [7, 11) is 0. The standard InChI is InChI=1S/C11H23NO2/c1-4-12-11(8-13-5-2)10-6-9(3)14-7-10/h9-12H,4-8H2,1-3H3. The van der Waals surface area contributed by atoms with Gasteiger partial charge in [-0.05, 0) is 26.8 Å². The third-order valence-corrected chi connectivity index (χ3v) is 2.77. The molecule has 1 fully saturated rings. The highest BCUT2D eigenvalue weighted by molar-refractivity contribution is 4.81. The Morgan fingerprint density at radius 1 is 1.50 bits per heavy atom. The summed E-state index contributed by atoms with van der Waals surface area (Å²) in [6.07, 6.45) is 1.58. The Bertz CT molecular complexity index is 152. The molecule has 1 aliphatic heterocycles. The van der Waals surface area contributed by atoms with Crippen LogP contribution in [0.3, 0.4) is 0 Å². The number of hydrogen-bond donors (Lipinski definition) is 1. The molecule has 1 N–H and O–H groups in total. The van der Waals surface area contributed by atoms with Crippen LogP contribution in [-0.4, -0.2) is 38.5 Å². The molecule has 0 aliphatic carbocycles. The molecule has 0 amide bonds. The lowest BCUT2D eigenvalue weighted by Crippen LogP contribution is -2.40. The smallest absolute Gasteiger partial charge is 0.0623 e. The van der Waals surface area contributed by atoms with Gasteiger partial charge in [-0.15, -0.1) is 0 Å². The third-order valence-electron chi connectivity index (χ3n) is 2.77. The van der Waals surface area contributed by atoms with Gasteiger partial charge in [0, 0.05) is 18.6 Å². The van der Waals surface area contributed by atoms with Crippen molar-refractivity contribution in [1.82, 2.24) is 5.32 Å². The molecule has 0 aromatic heterocycles. The second-order valence-electron chi connectivity index (χ2n) is 3.96. The maximum atomic E-state index is 5.58. The first kappa shape index (κ1) is 12.0. The first-order valence-corrected chi connectivity index (χ1v) is 5.70. The summed E-state index contributed by atoms with van der Waals surface area (Å²) in [5, 5.41) is 3.47. The van der Waals surface area contributed by atoms with Gasteiger partial charge in [-0.25, -0.2) is 0 Å². The van der Waals surface area contributed by atoms with Crippen molar-refractivity contribution in [3.63, 3.8) is 0 Å². The molecular weight excluding hydrogens is 178 g/mol. The highest BCUT2D eigenvalue weighted by Gasteiger charge is 2.28. The highest BCUT2D eigenvalue weighted by atomic mass is 16.5. The molecule has 3 heteroatoms. The molecule has 84 valence electrons. The summed E-state index contributed by atoms with van der Waals surface area (Å²) in [4.78, 5) is 0. The fourth-order valence-electron chi connectivity index (χ4n) is 2.00. The zero-order valence-electron chi connectivity index (χ0n) is 9.58. The Balaban J connectivity index is 2.33. The number of ether oxygens (including phenoxy) is 2. The summed E-state index contributed by atoms with van der Waals surface area (Å²) >= 11 is 0. The van der Waals surface area contributed by atoms with Crippen LogP contribution in [0, 0.1) is 5.92 Å². The molecule has 14 heavy (non-hydrogen) atoms. The molecular formula is C11H23NO2. The van der Waals surface area contributed by atoms with Crippen LogP contribution in [0.1, 0.15) is 27.2 Å². The Morgan fingerprint density at radius 3 is 2.79 bits per heavy atom. The molecule has 0 saturated carbocycles. The van der Waals surface area contributed by atoms with Gasteiger partial charge in [0.15, 0.2) is 0 Å². The molecule has 1 heterocycles. The molecule has 1 saturated heterocycles. The predicted octanol–water partition coefficient (Wildman–Crippen LogP) is 1.43. The van der Waals surface area contributed by atoms with Crippen LogP contribution in [-0.2, 0) is 9.47 Å². The van der Waals surface area contributed by atoms with Crippen LogP contribution in [0.4, 0.5) is 0 Å². The van der Waals surface area contributed by atoms with E-state index >= 15 is 0 Å². The van der Waals surface area contributed by atoms with Gasteiger partial charge in [0.1, 0.15) is 0 Å². The SMILES string of the molecule is CCNC(COCC)C1COC(C)C1. The molecule has 0 radical (unpaired) electrons. The van der Waals surface area contributed by atoms with E-state index in [1.165, 1.54) is 0 Å². The van der Waals surface area contributed by atoms with Gasteiger partial charge in [-0.2, -0.15) is 0 Å². The zero-order valence-corrected chi connectivity index (χ0v) is 9.58. The van der Waals surface area contributed by atoms with E-state index in [0.29, 0.717) is 18.1 Å². The second-order valence-corrected chi connectivity index (χ2v) is 3.96. The second kappa shape index (κ2) is 6.38. The summed E-state index contributed by atoms with van der Waals surface area (Å²) in [6, 6.07) is 0.463. The first-order valence-electron chi connectivity index (χ1n) is 5.70. The molecule has 1 rings (SSSR count). The Morgan fingerprint density at radius 2 is 2.29 bits per heavy atom. The number of nitrogens with one attached hydrogen (secondary N) is 1. The van der Waals surface area contributed by atoms with Gasteiger partial charge in [-0.3, -0.25) is 0 Å². The van der Waals surface area contributed by atoms with Crippen molar-refractivity contribution in [2.45, 2.75) is 39.3 Å². The number of rotatable bonds is 6. The van der Waals surface area contributed by atoms with Crippen LogP contribution in [0.2, 0.25) is 0 Å². The lowest BCUT2D eigenvalue weighted by Gasteiger charge is -2.22. The van der Waals surface area contributed by atoms with Gasteiger partial charge in [0.25, 0.3) is 0 Å². The lowest BCUT2D eigenvalue weighted by molar-refractivity contribution is 0.0887. The van der Waals surface area contributed by atoms with E-state index in [9.17, 15) is 0 Å². The van der Waals surface area contributed by atoms with Crippen LogP contribution in [0.25, 0.3) is 0 Å². The van der Waals surface area contributed by atoms with E-state index in [2.05, 4.69) is 19.2 Å². The lowest BCUT2D eigenvalue weighted by atomic mass is 9.97. The molecule has 3 atom stereocenters. The molecule has 0 aromatic rings. The van der Waals surface area contributed by atoms with Crippen LogP contribution in [0.15, 0.2) is 0 Å². The van der Waals surface area contributed by atoms with Crippen molar-refractivity contribution in [3.05, 3.63) is 0 Å². The minimum atomic E-state index is 0.419. The maximum Gasteiger partial charge on any atom is 0.0623 e. The van der Waals surface area contributed by atoms with E-state index in [1.54, 1.807) is 0 Å². The quantitative estimate of drug-likeness (QED) is 0.705. The Labute approximate surface area is 87.2 Å². The number of likely N-dealkylation sites (N-methyl/N-ethyl adjacent to an activating group) is 1. The molecule has 0 spiro atoms. The molecule has 0 aromatic carbocycles. The molecule has 1 aliphatic rings. The first-order chi connectivity index (χ1) is 6.77. The molecule has 3 unspecified atom stereocenters. The van der Waals surface area contributed by atoms with Gasteiger partial charge in [-0.1, -0.05) is 6.92 Å². The predicted molar refractivity (Wildman–Crippen MR) is 57.5 cm³/mol. The van der Waals surface area contributed by atoms with E-state index in [0.717, 1.165) is 32.8 Å².